The molecule has 0 bridgehead atoms. The van der Waals surface area contributed by atoms with Crippen molar-refractivity contribution < 1.29 is 9.18 Å². The maximum Gasteiger partial charge on any atom is 0.262 e. The molecule has 0 aliphatic heterocycles. The summed E-state index contributed by atoms with van der Waals surface area (Å²) in [7, 11) is 0. The molecular formula is C8H6FN5O. The van der Waals surface area contributed by atoms with Crippen LogP contribution in [0.3, 0.4) is 0 Å². The second-order valence-electron chi connectivity index (χ2n) is 2.39. The van der Waals surface area contributed by atoms with E-state index in [0.717, 1.165) is 0 Å². The van der Waals surface area contributed by atoms with E-state index in [2.05, 4.69) is 9.98 Å². The standard InChI is InChI=1S/C8H6FN5O/c9-6-5(2-1-3-12-6)7(15)14-8(11)13-4-10/h1-3H,(H3,11,13,14,15). The zero-order chi connectivity index (χ0) is 11.3. The number of nitriles is 1. The number of aromatic nitrogens is 1. The van der Waals surface area contributed by atoms with Gasteiger partial charge in [0.05, 0.1) is 5.56 Å². The number of nitrogens with two attached hydrogens (primary N) is 1. The van der Waals surface area contributed by atoms with Crippen molar-refractivity contribution in [3.63, 3.8) is 0 Å². The molecule has 6 nitrogen and oxygen atoms in total. The molecule has 1 amide bonds. The molecule has 0 aliphatic carbocycles. The Labute approximate surface area is 84.3 Å². The summed E-state index contributed by atoms with van der Waals surface area (Å²) in [5.41, 5.74) is 4.86. The van der Waals surface area contributed by atoms with E-state index >= 15 is 0 Å². The Morgan fingerprint density at radius 2 is 2.47 bits per heavy atom. The number of carbonyl (C=O) groups is 1. The summed E-state index contributed by atoms with van der Waals surface area (Å²) in [4.78, 5) is 17.6. The van der Waals surface area contributed by atoms with Gasteiger partial charge in [-0.15, -0.1) is 4.99 Å². The summed E-state index contributed by atoms with van der Waals surface area (Å²) in [5.74, 6) is -2.12. The first kappa shape index (κ1) is 10.6. The number of guanidine groups is 1. The summed E-state index contributed by atoms with van der Waals surface area (Å²) in [6.07, 6.45) is 2.58. The van der Waals surface area contributed by atoms with Crippen LogP contribution < -0.4 is 11.1 Å². The van der Waals surface area contributed by atoms with Gasteiger partial charge in [-0.1, -0.05) is 0 Å². The van der Waals surface area contributed by atoms with Crippen molar-refractivity contribution in [1.82, 2.24) is 10.3 Å². The lowest BCUT2D eigenvalue weighted by Gasteiger charge is -2.02. The number of rotatable bonds is 1. The van der Waals surface area contributed by atoms with Gasteiger partial charge in [0.15, 0.2) is 0 Å². The Balaban J connectivity index is 2.84. The lowest BCUT2D eigenvalue weighted by Crippen LogP contribution is -2.37. The smallest absolute Gasteiger partial charge is 0.262 e. The summed E-state index contributed by atoms with van der Waals surface area (Å²) in [5, 5.41) is 10.1. The Morgan fingerprint density at radius 1 is 1.73 bits per heavy atom. The molecule has 15 heavy (non-hydrogen) atoms. The van der Waals surface area contributed by atoms with Crippen LogP contribution in [-0.4, -0.2) is 16.9 Å². The highest BCUT2D eigenvalue weighted by Gasteiger charge is 2.12. The van der Waals surface area contributed by atoms with Gasteiger partial charge in [0, 0.05) is 6.20 Å². The Kier molecular flexibility index (Phi) is 3.29. The maximum atomic E-state index is 13.0. The Morgan fingerprint density at radius 3 is 3.07 bits per heavy atom. The molecular weight excluding hydrogens is 201 g/mol. The van der Waals surface area contributed by atoms with E-state index in [9.17, 15) is 9.18 Å². The van der Waals surface area contributed by atoms with Gasteiger partial charge in [0.25, 0.3) is 5.91 Å². The van der Waals surface area contributed by atoms with Crippen LogP contribution in [0.25, 0.3) is 0 Å². The largest absolute Gasteiger partial charge is 0.369 e. The molecule has 0 spiro atoms. The number of pyridine rings is 1. The van der Waals surface area contributed by atoms with E-state index in [1.165, 1.54) is 24.5 Å². The van der Waals surface area contributed by atoms with Gasteiger partial charge in [-0.3, -0.25) is 10.1 Å². The fourth-order valence-corrected chi connectivity index (χ4v) is 0.821. The molecule has 1 heterocycles. The van der Waals surface area contributed by atoms with E-state index in [0.29, 0.717) is 0 Å². The number of carbonyl (C=O) groups excluding carboxylic acids is 1. The highest BCUT2D eigenvalue weighted by atomic mass is 19.1. The Bertz CT molecular complexity index is 451. The number of aliphatic imine (C=N–C) groups is 1. The van der Waals surface area contributed by atoms with Gasteiger partial charge in [0.1, 0.15) is 0 Å². The van der Waals surface area contributed by atoms with Crippen LogP contribution >= 0.6 is 0 Å². The summed E-state index contributed by atoms with van der Waals surface area (Å²) >= 11 is 0. The molecule has 1 rings (SSSR count). The number of amides is 1. The van der Waals surface area contributed by atoms with Crippen molar-refractivity contribution in [2.24, 2.45) is 10.7 Å². The van der Waals surface area contributed by atoms with Gasteiger partial charge < -0.3 is 5.73 Å². The van der Waals surface area contributed by atoms with Crippen LogP contribution in [0.15, 0.2) is 23.3 Å². The van der Waals surface area contributed by atoms with Gasteiger partial charge in [-0.2, -0.15) is 9.65 Å². The molecule has 0 aromatic carbocycles. The quantitative estimate of drug-likeness (QED) is 0.286. The van der Waals surface area contributed by atoms with Crippen molar-refractivity contribution >= 4 is 11.9 Å². The second-order valence-corrected chi connectivity index (χ2v) is 2.39. The molecule has 7 heteroatoms. The zero-order valence-electron chi connectivity index (χ0n) is 7.44. The molecule has 1 aromatic rings. The normalized spacial score (nSPS) is 10.5. The third kappa shape index (κ3) is 2.73. The predicted molar refractivity (Wildman–Crippen MR) is 48.9 cm³/mol. The van der Waals surface area contributed by atoms with Crippen LogP contribution in [0.1, 0.15) is 10.4 Å². The monoisotopic (exact) mass is 207 g/mol. The average Bonchev–Trinajstić information content (AvgIpc) is 2.18. The summed E-state index contributed by atoms with van der Waals surface area (Å²) in [6, 6.07) is 2.63. The second kappa shape index (κ2) is 4.66. The van der Waals surface area contributed by atoms with E-state index in [1.807, 2.05) is 5.32 Å². The van der Waals surface area contributed by atoms with E-state index in [1.54, 1.807) is 0 Å². The molecule has 0 radical (unpaired) electrons. The third-order valence-electron chi connectivity index (χ3n) is 1.42. The number of hydrogen-bond acceptors (Lipinski definition) is 4. The van der Waals surface area contributed by atoms with Crippen molar-refractivity contribution in [3.8, 4) is 6.19 Å². The minimum atomic E-state index is -0.917. The molecule has 0 saturated heterocycles. The number of nitrogens with one attached hydrogen (secondary N) is 1. The number of halogens is 1. The Hall–Kier alpha value is -2.49. The average molecular weight is 207 g/mol. The molecule has 0 unspecified atom stereocenters. The first-order valence-corrected chi connectivity index (χ1v) is 3.79. The van der Waals surface area contributed by atoms with Crippen molar-refractivity contribution in [1.29, 1.82) is 5.26 Å². The zero-order valence-corrected chi connectivity index (χ0v) is 7.44. The fraction of sp³-hybridized carbons (Fsp3) is 0. The molecule has 0 atom stereocenters. The van der Waals surface area contributed by atoms with Crippen LogP contribution in [0, 0.1) is 17.4 Å². The minimum absolute atomic E-state index is 0.270. The SMILES string of the molecule is N#CN=C(N)NC(=O)c1cccnc1F. The van der Waals surface area contributed by atoms with Gasteiger partial charge in [-0.05, 0) is 12.1 Å². The summed E-state index contributed by atoms with van der Waals surface area (Å²) in [6.45, 7) is 0. The van der Waals surface area contributed by atoms with Crippen molar-refractivity contribution in [2.45, 2.75) is 0 Å². The molecule has 0 saturated carbocycles. The fourth-order valence-electron chi connectivity index (χ4n) is 0.821. The highest BCUT2D eigenvalue weighted by Crippen LogP contribution is 2.01. The summed E-state index contributed by atoms with van der Waals surface area (Å²) < 4.78 is 13.0. The van der Waals surface area contributed by atoms with Gasteiger partial charge in [-0.25, -0.2) is 4.98 Å². The van der Waals surface area contributed by atoms with E-state index in [4.69, 9.17) is 11.0 Å². The van der Waals surface area contributed by atoms with Crippen LogP contribution in [0.2, 0.25) is 0 Å². The van der Waals surface area contributed by atoms with Crippen LogP contribution in [0.5, 0.6) is 0 Å². The number of nitrogens with zero attached hydrogens (tertiary/aromatic N) is 3. The molecule has 1 aromatic heterocycles. The van der Waals surface area contributed by atoms with E-state index < -0.39 is 17.8 Å². The molecule has 76 valence electrons. The topological polar surface area (TPSA) is 104 Å². The third-order valence-corrected chi connectivity index (χ3v) is 1.42. The maximum absolute atomic E-state index is 13.0. The van der Waals surface area contributed by atoms with Crippen LogP contribution in [0.4, 0.5) is 4.39 Å². The minimum Gasteiger partial charge on any atom is -0.369 e. The molecule has 0 fully saturated rings. The van der Waals surface area contributed by atoms with Crippen LogP contribution in [-0.2, 0) is 0 Å². The first-order valence-electron chi connectivity index (χ1n) is 3.79. The first-order chi connectivity index (χ1) is 7.15. The predicted octanol–water partition coefficient (Wildman–Crippen LogP) is -0.254. The molecule has 0 aliphatic rings. The van der Waals surface area contributed by atoms with Gasteiger partial charge in [0.2, 0.25) is 18.1 Å². The van der Waals surface area contributed by atoms with Gasteiger partial charge >= 0.3 is 0 Å². The number of hydrogen-bond donors (Lipinski definition) is 2. The molecule has 3 N–H and O–H groups in total. The van der Waals surface area contributed by atoms with E-state index in [-0.39, 0.29) is 5.56 Å². The highest BCUT2D eigenvalue weighted by molar-refractivity contribution is 6.05. The lowest BCUT2D eigenvalue weighted by molar-refractivity contribution is 0.0972. The lowest BCUT2D eigenvalue weighted by atomic mass is 10.2. The van der Waals surface area contributed by atoms with Crippen molar-refractivity contribution in [3.05, 3.63) is 29.8 Å². The van der Waals surface area contributed by atoms with Crippen molar-refractivity contribution in [2.75, 3.05) is 0 Å².